The molecule has 0 radical (unpaired) electrons. The highest BCUT2D eigenvalue weighted by atomic mass is 32.2. The van der Waals surface area contributed by atoms with Gasteiger partial charge in [-0.3, -0.25) is 4.79 Å². The molecular formula is C23H29N3O2S. The molecule has 0 spiro atoms. The SMILES string of the molecule is COCCn1c(SC(C)C(=O)Nc2c(C)cccc2C(C)C)nc2ccccc21. The molecule has 1 N–H and O–H groups in total. The van der Waals surface area contributed by atoms with Crippen LogP contribution in [-0.2, 0) is 16.1 Å². The predicted molar refractivity (Wildman–Crippen MR) is 121 cm³/mol. The lowest BCUT2D eigenvalue weighted by molar-refractivity contribution is -0.115. The summed E-state index contributed by atoms with van der Waals surface area (Å²) in [6.07, 6.45) is 0. The molecule has 0 fully saturated rings. The molecule has 6 heteroatoms. The molecule has 1 atom stereocenters. The Balaban J connectivity index is 1.82. The molecule has 0 bridgehead atoms. The van der Waals surface area contributed by atoms with Crippen molar-refractivity contribution in [1.29, 1.82) is 0 Å². The molecule has 2 aromatic carbocycles. The topological polar surface area (TPSA) is 56.1 Å². The van der Waals surface area contributed by atoms with Crippen molar-refractivity contribution in [3.8, 4) is 0 Å². The van der Waals surface area contributed by atoms with E-state index in [2.05, 4.69) is 35.9 Å². The first-order chi connectivity index (χ1) is 13.9. The molecular weight excluding hydrogens is 382 g/mol. The van der Waals surface area contributed by atoms with Crippen molar-refractivity contribution in [3.63, 3.8) is 0 Å². The number of para-hydroxylation sites is 3. The van der Waals surface area contributed by atoms with Gasteiger partial charge in [0.2, 0.25) is 5.91 Å². The third kappa shape index (κ3) is 4.82. The Morgan fingerprint density at radius 1 is 1.17 bits per heavy atom. The fraction of sp³-hybridized carbons (Fsp3) is 0.391. The van der Waals surface area contributed by atoms with Crippen LogP contribution in [0.25, 0.3) is 11.0 Å². The van der Waals surface area contributed by atoms with Gasteiger partial charge in [0.15, 0.2) is 5.16 Å². The monoisotopic (exact) mass is 411 g/mol. The number of nitrogens with one attached hydrogen (secondary N) is 1. The Morgan fingerprint density at radius 3 is 2.66 bits per heavy atom. The van der Waals surface area contributed by atoms with Crippen molar-refractivity contribution in [1.82, 2.24) is 9.55 Å². The third-order valence-electron chi connectivity index (χ3n) is 4.97. The van der Waals surface area contributed by atoms with E-state index >= 15 is 0 Å². The standard InChI is InChI=1S/C23H29N3O2S/c1-15(2)18-10-8-9-16(3)21(18)25-22(27)17(4)29-23-24-19-11-6-7-12-20(19)26(23)13-14-28-5/h6-12,15,17H,13-14H2,1-5H3,(H,25,27). The van der Waals surface area contributed by atoms with Crippen LogP contribution in [0.4, 0.5) is 5.69 Å². The summed E-state index contributed by atoms with van der Waals surface area (Å²) in [7, 11) is 1.69. The lowest BCUT2D eigenvalue weighted by Gasteiger charge is -2.18. The van der Waals surface area contributed by atoms with Gasteiger partial charge >= 0.3 is 0 Å². The number of hydrogen-bond acceptors (Lipinski definition) is 4. The van der Waals surface area contributed by atoms with E-state index in [1.165, 1.54) is 11.8 Å². The van der Waals surface area contributed by atoms with Crippen LogP contribution < -0.4 is 5.32 Å². The molecule has 0 aliphatic rings. The number of ether oxygens (including phenoxy) is 1. The fourth-order valence-electron chi connectivity index (χ4n) is 3.32. The number of thioether (sulfide) groups is 1. The van der Waals surface area contributed by atoms with Crippen LogP contribution in [0, 0.1) is 6.92 Å². The minimum Gasteiger partial charge on any atom is -0.383 e. The maximum atomic E-state index is 13.0. The normalized spacial score (nSPS) is 12.5. The number of carbonyl (C=O) groups is 1. The van der Waals surface area contributed by atoms with E-state index < -0.39 is 0 Å². The van der Waals surface area contributed by atoms with E-state index in [0.29, 0.717) is 19.1 Å². The van der Waals surface area contributed by atoms with E-state index in [4.69, 9.17) is 9.72 Å². The van der Waals surface area contributed by atoms with Crippen molar-refractivity contribution in [2.24, 2.45) is 0 Å². The Labute approximate surface area is 176 Å². The summed E-state index contributed by atoms with van der Waals surface area (Å²) < 4.78 is 7.39. The van der Waals surface area contributed by atoms with Crippen LogP contribution in [0.1, 0.15) is 37.8 Å². The zero-order valence-electron chi connectivity index (χ0n) is 17.7. The molecule has 1 aromatic heterocycles. The van der Waals surface area contributed by atoms with Gasteiger partial charge in [-0.15, -0.1) is 0 Å². The summed E-state index contributed by atoms with van der Waals surface area (Å²) in [5, 5.41) is 3.70. The average molecular weight is 412 g/mol. The van der Waals surface area contributed by atoms with Crippen LogP contribution in [-0.4, -0.2) is 34.4 Å². The first-order valence-electron chi connectivity index (χ1n) is 9.93. The van der Waals surface area contributed by atoms with Crippen LogP contribution >= 0.6 is 11.8 Å². The number of benzene rings is 2. The second kappa shape index (κ2) is 9.46. The predicted octanol–water partition coefficient (Wildman–Crippen LogP) is 5.23. The van der Waals surface area contributed by atoms with Gasteiger partial charge < -0.3 is 14.6 Å². The van der Waals surface area contributed by atoms with Crippen LogP contribution in [0.5, 0.6) is 0 Å². The first kappa shape index (κ1) is 21.4. The minimum atomic E-state index is -0.285. The van der Waals surface area contributed by atoms with E-state index in [1.54, 1.807) is 7.11 Å². The number of nitrogens with zero attached hydrogens (tertiary/aromatic N) is 2. The van der Waals surface area contributed by atoms with Crippen molar-refractivity contribution in [2.45, 2.75) is 50.6 Å². The Hall–Kier alpha value is -2.31. The van der Waals surface area contributed by atoms with Crippen molar-refractivity contribution in [2.75, 3.05) is 19.0 Å². The number of anilines is 1. The molecule has 5 nitrogen and oxygen atoms in total. The van der Waals surface area contributed by atoms with E-state index in [0.717, 1.165) is 33.0 Å². The van der Waals surface area contributed by atoms with Crippen molar-refractivity contribution < 1.29 is 9.53 Å². The highest BCUT2D eigenvalue weighted by molar-refractivity contribution is 8.00. The Kier molecular flexibility index (Phi) is 6.98. The molecule has 0 saturated heterocycles. The van der Waals surface area contributed by atoms with Gasteiger partial charge in [0.05, 0.1) is 22.9 Å². The Bertz CT molecular complexity index is 997. The van der Waals surface area contributed by atoms with E-state index in [9.17, 15) is 4.79 Å². The number of aromatic nitrogens is 2. The number of fused-ring (bicyclic) bond motifs is 1. The van der Waals surface area contributed by atoms with Crippen molar-refractivity contribution >= 4 is 34.4 Å². The molecule has 3 rings (SSSR count). The second-order valence-electron chi connectivity index (χ2n) is 7.47. The van der Waals surface area contributed by atoms with Gasteiger partial charge in [0, 0.05) is 19.3 Å². The van der Waals surface area contributed by atoms with Gasteiger partial charge in [0.1, 0.15) is 0 Å². The highest BCUT2D eigenvalue weighted by Gasteiger charge is 2.21. The summed E-state index contributed by atoms with van der Waals surface area (Å²) in [6.45, 7) is 9.52. The quantitative estimate of drug-likeness (QED) is 0.516. The number of rotatable bonds is 8. The molecule has 154 valence electrons. The molecule has 1 unspecified atom stereocenters. The summed E-state index contributed by atoms with van der Waals surface area (Å²) in [5.74, 6) is 0.322. The average Bonchev–Trinajstić information content (AvgIpc) is 3.04. The maximum Gasteiger partial charge on any atom is 0.237 e. The summed E-state index contributed by atoms with van der Waals surface area (Å²) in [4.78, 5) is 17.7. The van der Waals surface area contributed by atoms with Crippen LogP contribution in [0.2, 0.25) is 0 Å². The number of amides is 1. The number of hydrogen-bond donors (Lipinski definition) is 1. The van der Waals surface area contributed by atoms with Gasteiger partial charge in [-0.05, 0) is 43.0 Å². The Morgan fingerprint density at radius 2 is 1.93 bits per heavy atom. The molecule has 1 amide bonds. The van der Waals surface area contributed by atoms with Gasteiger partial charge in [-0.2, -0.15) is 0 Å². The van der Waals surface area contributed by atoms with Gasteiger partial charge in [0.25, 0.3) is 0 Å². The fourth-order valence-corrected chi connectivity index (χ4v) is 4.27. The first-order valence-corrected chi connectivity index (χ1v) is 10.8. The van der Waals surface area contributed by atoms with E-state index in [-0.39, 0.29) is 11.2 Å². The third-order valence-corrected chi connectivity index (χ3v) is 6.06. The molecule has 3 aromatic rings. The number of carbonyl (C=O) groups excluding carboxylic acids is 1. The number of imidazole rings is 1. The zero-order chi connectivity index (χ0) is 21.0. The summed E-state index contributed by atoms with van der Waals surface area (Å²) >= 11 is 1.48. The smallest absolute Gasteiger partial charge is 0.237 e. The van der Waals surface area contributed by atoms with Crippen molar-refractivity contribution in [3.05, 3.63) is 53.6 Å². The lowest BCUT2D eigenvalue weighted by Crippen LogP contribution is -2.24. The zero-order valence-corrected chi connectivity index (χ0v) is 18.5. The van der Waals surface area contributed by atoms with E-state index in [1.807, 2.05) is 44.2 Å². The molecule has 0 aliphatic carbocycles. The maximum absolute atomic E-state index is 13.0. The molecule has 29 heavy (non-hydrogen) atoms. The van der Waals surface area contributed by atoms with Crippen LogP contribution in [0.15, 0.2) is 47.6 Å². The summed E-state index contributed by atoms with van der Waals surface area (Å²) in [6, 6.07) is 14.2. The number of aryl methyl sites for hydroxylation is 1. The van der Waals surface area contributed by atoms with Gasteiger partial charge in [-0.1, -0.05) is 55.9 Å². The lowest BCUT2D eigenvalue weighted by atomic mass is 9.98. The molecule has 1 heterocycles. The molecule has 0 aliphatic heterocycles. The van der Waals surface area contributed by atoms with Crippen LogP contribution in [0.3, 0.4) is 0 Å². The second-order valence-corrected chi connectivity index (χ2v) is 8.78. The highest BCUT2D eigenvalue weighted by Crippen LogP contribution is 2.30. The molecule has 0 saturated carbocycles. The summed E-state index contributed by atoms with van der Waals surface area (Å²) in [5.41, 5.74) is 5.14. The minimum absolute atomic E-state index is 0.0171. The largest absolute Gasteiger partial charge is 0.383 e. The van der Waals surface area contributed by atoms with Gasteiger partial charge in [-0.25, -0.2) is 4.98 Å². The number of methoxy groups -OCH3 is 1.